The Balaban J connectivity index is 1.22. The summed E-state index contributed by atoms with van der Waals surface area (Å²) in [6, 6.07) is 0. The van der Waals surface area contributed by atoms with Gasteiger partial charge in [0.05, 0.1) is 85.6 Å². The molecule has 0 aromatic rings. The molecule has 17 nitrogen and oxygen atoms in total. The van der Waals surface area contributed by atoms with Gasteiger partial charge in [-0.2, -0.15) is 0 Å². The Bertz CT molecular complexity index is 1210. The van der Waals surface area contributed by atoms with E-state index in [4.69, 9.17) is 18.9 Å². The van der Waals surface area contributed by atoms with Crippen molar-refractivity contribution in [3.63, 3.8) is 0 Å². The number of rotatable bonds is 6. The Morgan fingerprint density at radius 2 is 1.15 bits per heavy atom. The third kappa shape index (κ3) is 7.70. The molecule has 3 saturated heterocycles. The molecule has 14 N–H and O–H groups in total. The van der Waals surface area contributed by atoms with E-state index in [1.807, 2.05) is 0 Å². The molecule has 53 heavy (non-hydrogen) atoms. The molecule has 25 atom stereocenters. The Morgan fingerprint density at radius 1 is 0.509 bits per heavy atom. The van der Waals surface area contributed by atoms with E-state index >= 15 is 0 Å². The van der Waals surface area contributed by atoms with Crippen LogP contribution in [-0.4, -0.2) is 194 Å². The van der Waals surface area contributed by atoms with Crippen molar-refractivity contribution in [3.05, 3.63) is 0 Å². The van der Waals surface area contributed by atoms with E-state index in [0.29, 0.717) is 19.3 Å². The van der Waals surface area contributed by atoms with Crippen LogP contribution in [0.1, 0.15) is 64.2 Å². The minimum Gasteiger partial charge on any atom is -0.426 e. The van der Waals surface area contributed by atoms with Gasteiger partial charge in [0.25, 0.3) is 0 Å². The van der Waals surface area contributed by atoms with Gasteiger partial charge in [0.1, 0.15) is 30.5 Å². The molecule has 0 aromatic carbocycles. The van der Waals surface area contributed by atoms with E-state index in [1.165, 1.54) is 0 Å². The summed E-state index contributed by atoms with van der Waals surface area (Å²) in [6.07, 6.45) is -19.3. The van der Waals surface area contributed by atoms with Crippen LogP contribution in [0.3, 0.4) is 0 Å². The van der Waals surface area contributed by atoms with E-state index in [-0.39, 0.29) is 56.8 Å². The molecule has 3 aliphatic heterocycles. The Labute approximate surface area is 307 Å². The molecule has 4 saturated carbocycles. The molecule has 4 aliphatic carbocycles. The topological polar surface area (TPSA) is 303 Å². The molecule has 3 heterocycles. The number of hydrogen-bond acceptors (Lipinski definition) is 16. The predicted octanol–water partition coefficient (Wildman–Crippen LogP) is -4.88. The Hall–Kier alpha value is -0.680. The smallest absolute Gasteiger partial charge is 0.187 e. The molecule has 0 amide bonds. The maximum atomic E-state index is 12.3. The fourth-order valence-electron chi connectivity index (χ4n) is 11.3. The first kappa shape index (κ1) is 40.5. The van der Waals surface area contributed by atoms with Gasteiger partial charge in [-0.05, 0) is 63.7 Å². The van der Waals surface area contributed by atoms with Crippen LogP contribution >= 0.6 is 0 Å². The molecule has 17 heteroatoms. The summed E-state index contributed by atoms with van der Waals surface area (Å²) in [5, 5.41) is 141. The molecular formula is C36H61O17+. The van der Waals surface area contributed by atoms with Gasteiger partial charge in [-0.3, -0.25) is 0 Å². The molecule has 7 rings (SSSR count). The van der Waals surface area contributed by atoms with Gasteiger partial charge in [0, 0.05) is 24.2 Å². The average molecular weight is 766 g/mol. The lowest BCUT2D eigenvalue weighted by atomic mass is 9.57. The minimum absolute atomic E-state index is 0.0311. The largest absolute Gasteiger partial charge is 0.426 e. The summed E-state index contributed by atoms with van der Waals surface area (Å²) in [5.74, 6) is -3.79. The van der Waals surface area contributed by atoms with Gasteiger partial charge in [-0.15, -0.1) is 0 Å². The zero-order chi connectivity index (χ0) is 38.0. The van der Waals surface area contributed by atoms with Crippen LogP contribution < -0.4 is 0 Å². The number of hydrogen-bond donors (Lipinski definition) is 13. The second-order valence-electron chi connectivity index (χ2n) is 17.2. The minimum atomic E-state index is -1.70. The summed E-state index contributed by atoms with van der Waals surface area (Å²) in [5.41, 5.74) is 0. The van der Waals surface area contributed by atoms with Crippen molar-refractivity contribution < 1.29 is 85.3 Å². The fourth-order valence-corrected chi connectivity index (χ4v) is 11.3. The monoisotopic (exact) mass is 765 g/mol. The number of aliphatic hydroxyl groups excluding tert-OH is 13. The molecule has 25 unspecified atom stereocenters. The van der Waals surface area contributed by atoms with Crippen molar-refractivity contribution in [2.24, 2.45) is 35.5 Å². The van der Waals surface area contributed by atoms with Gasteiger partial charge in [0.15, 0.2) is 18.5 Å². The Kier molecular flexibility index (Phi) is 12.5. The number of ether oxygens (including phenoxy) is 4. The van der Waals surface area contributed by atoms with Crippen LogP contribution in [-0.2, 0) is 14.2 Å². The van der Waals surface area contributed by atoms with Crippen LogP contribution in [0.25, 0.3) is 0 Å². The van der Waals surface area contributed by atoms with Crippen LogP contribution in [0.15, 0.2) is 0 Å². The second-order valence-corrected chi connectivity index (χ2v) is 17.2. The zero-order valence-corrected chi connectivity index (χ0v) is 29.7. The Morgan fingerprint density at radius 3 is 1.81 bits per heavy atom. The van der Waals surface area contributed by atoms with Gasteiger partial charge in [-0.25, -0.2) is 0 Å². The highest BCUT2D eigenvalue weighted by atomic mass is 16.7. The van der Waals surface area contributed by atoms with Gasteiger partial charge in [-0.1, -0.05) is 0 Å². The third-order valence-corrected chi connectivity index (χ3v) is 14.1. The maximum absolute atomic E-state index is 12.3. The summed E-state index contributed by atoms with van der Waals surface area (Å²) >= 11 is 0. The molecule has 306 valence electrons. The lowest BCUT2D eigenvalue weighted by Crippen LogP contribution is -2.69. The molecule has 0 aromatic heterocycles. The van der Waals surface area contributed by atoms with Crippen LogP contribution in [0, 0.1) is 35.5 Å². The highest BCUT2D eigenvalue weighted by molar-refractivity contribution is 5.09. The lowest BCUT2D eigenvalue weighted by Gasteiger charge is -2.58. The van der Waals surface area contributed by atoms with Gasteiger partial charge >= 0.3 is 0 Å². The maximum Gasteiger partial charge on any atom is 0.187 e. The summed E-state index contributed by atoms with van der Waals surface area (Å²) < 4.78 is 23.8. The lowest BCUT2D eigenvalue weighted by molar-refractivity contribution is -0.370. The molecule has 7 fully saturated rings. The molecular weight excluding hydrogens is 704 g/mol. The van der Waals surface area contributed by atoms with E-state index in [2.05, 4.69) is 0 Å². The molecule has 0 spiro atoms. The average Bonchev–Trinajstić information content (AvgIpc) is 3.11. The van der Waals surface area contributed by atoms with Crippen molar-refractivity contribution in [2.75, 3.05) is 6.61 Å². The van der Waals surface area contributed by atoms with E-state index < -0.39 is 146 Å². The second kappa shape index (κ2) is 16.3. The van der Waals surface area contributed by atoms with E-state index in [0.717, 1.165) is 0 Å². The first-order valence-electron chi connectivity index (χ1n) is 19.6. The summed E-state index contributed by atoms with van der Waals surface area (Å²) in [4.78, 5) is 0. The van der Waals surface area contributed by atoms with Crippen molar-refractivity contribution in [1.29, 1.82) is 0 Å². The summed E-state index contributed by atoms with van der Waals surface area (Å²) in [6.45, 7) is -0.668. The predicted molar refractivity (Wildman–Crippen MR) is 178 cm³/mol. The van der Waals surface area contributed by atoms with Crippen LogP contribution in [0.4, 0.5) is 0 Å². The zero-order valence-electron chi connectivity index (χ0n) is 29.7. The van der Waals surface area contributed by atoms with Crippen LogP contribution in [0.2, 0.25) is 0 Å². The highest BCUT2D eigenvalue weighted by Gasteiger charge is 2.64. The molecule has 0 bridgehead atoms. The van der Waals surface area contributed by atoms with E-state index in [1.54, 1.807) is 0 Å². The highest BCUT2D eigenvalue weighted by Crippen LogP contribution is 2.53. The van der Waals surface area contributed by atoms with Gasteiger partial charge in [0.2, 0.25) is 0 Å². The van der Waals surface area contributed by atoms with Crippen LogP contribution in [0.5, 0.6) is 0 Å². The summed E-state index contributed by atoms with van der Waals surface area (Å²) in [7, 11) is 0. The van der Waals surface area contributed by atoms with Crippen molar-refractivity contribution in [1.82, 2.24) is 0 Å². The third-order valence-electron chi connectivity index (χ3n) is 14.1. The molecule has 0 radical (unpaired) electrons. The normalized spacial score (nSPS) is 58.0. The standard InChI is InChI=1S/C36H60O17/c37-11-25-29(46)31(48)32(49)36(52-25)51-24-9-15-18(41)10-22(45)27(35(15)53-33(24)12-1-3-16(39)19(42)5-12)28-26-21(44)7-14(38)8-23(26)50-34(30(28)47)13-2-4-17(40)20(43)6-13/h12-49H,1-11H2/p+1. The molecule has 7 aliphatic rings. The van der Waals surface area contributed by atoms with Crippen molar-refractivity contribution in [3.8, 4) is 0 Å². The number of aliphatic hydroxyl groups is 15. The van der Waals surface area contributed by atoms with Crippen molar-refractivity contribution >= 4 is 0 Å². The SMILES string of the molecule is OCC1OC(OC2CC3C(O)CC(O)C(C4C(O)C(C5CCC(O)C(O)C5)OC5CC(O)CC(O)C54)C3[OH+]C2C2CCC(O)C(O)C2)C(O)C(O)C1O. The van der Waals surface area contributed by atoms with Gasteiger partial charge < -0.3 is 85.3 Å². The quantitative estimate of drug-likeness (QED) is 0.113. The number of fused-ring (bicyclic) bond motifs is 2. The van der Waals surface area contributed by atoms with Crippen molar-refractivity contribution in [2.45, 2.75) is 180 Å². The first-order valence-corrected chi connectivity index (χ1v) is 19.6. The van der Waals surface area contributed by atoms with E-state index in [9.17, 15) is 66.4 Å². The first-order chi connectivity index (χ1) is 25.2. The fraction of sp³-hybridized carbons (Fsp3) is 1.00.